The van der Waals surface area contributed by atoms with Crippen molar-refractivity contribution in [3.63, 3.8) is 0 Å². The minimum Gasteiger partial charge on any atom is -0.481 e. The molecule has 2 aromatic rings. The Bertz CT molecular complexity index is 486. The molecule has 0 aliphatic carbocycles. The van der Waals surface area contributed by atoms with E-state index in [4.69, 9.17) is 4.74 Å². The maximum Gasteiger partial charge on any atom is 0.215 e. The third-order valence-electron chi connectivity index (χ3n) is 1.82. The fourth-order valence-electron chi connectivity index (χ4n) is 1.13. The smallest absolute Gasteiger partial charge is 0.215 e. The van der Waals surface area contributed by atoms with Gasteiger partial charge in [0.25, 0.3) is 0 Å². The van der Waals surface area contributed by atoms with Crippen LogP contribution >= 0.6 is 38.5 Å². The zero-order valence-electron chi connectivity index (χ0n) is 7.82. The monoisotopic (exact) mass is 379 g/mol. The van der Waals surface area contributed by atoms with Crippen LogP contribution in [0.3, 0.4) is 0 Å². The number of aromatic nitrogens is 3. The molecule has 0 aliphatic rings. The first-order valence-corrected chi connectivity index (χ1v) is 5.99. The zero-order valence-corrected chi connectivity index (χ0v) is 11.6. The normalized spacial score (nSPS) is 10.3. The summed E-state index contributed by atoms with van der Waals surface area (Å²) in [6.07, 6.45) is 3.59. The molecule has 78 valence electrons. The van der Waals surface area contributed by atoms with Gasteiger partial charge in [0.1, 0.15) is 3.70 Å². The fourth-order valence-corrected chi connectivity index (χ4v) is 1.92. The molecule has 0 atom stereocenters. The second kappa shape index (κ2) is 4.48. The Hall–Kier alpha value is -0.630. The highest BCUT2D eigenvalue weighted by atomic mass is 127. The molecule has 0 saturated carbocycles. The largest absolute Gasteiger partial charge is 0.481 e. The second-order valence-corrected chi connectivity index (χ2v) is 4.72. The van der Waals surface area contributed by atoms with Gasteiger partial charge in [0.15, 0.2) is 0 Å². The van der Waals surface area contributed by atoms with Crippen molar-refractivity contribution in [3.05, 3.63) is 32.7 Å². The molecule has 2 aromatic heterocycles. The maximum atomic E-state index is 5.06. The van der Waals surface area contributed by atoms with Gasteiger partial charge >= 0.3 is 0 Å². The summed E-state index contributed by atoms with van der Waals surface area (Å²) in [5.74, 6) is 0.568. The van der Waals surface area contributed by atoms with Crippen LogP contribution in [0.4, 0.5) is 0 Å². The molecule has 0 aliphatic heterocycles. The summed E-state index contributed by atoms with van der Waals surface area (Å²) in [7, 11) is 1.59. The number of ether oxygens (including phenoxy) is 1. The Kier molecular flexibility index (Phi) is 3.25. The van der Waals surface area contributed by atoms with Gasteiger partial charge in [0.2, 0.25) is 5.88 Å². The fraction of sp³-hybridized carbons (Fsp3) is 0.111. The van der Waals surface area contributed by atoms with Gasteiger partial charge < -0.3 is 4.74 Å². The molecule has 0 spiro atoms. The number of hydrogen-bond donors (Lipinski definition) is 0. The number of hydrogen-bond acceptors (Lipinski definition) is 3. The van der Waals surface area contributed by atoms with E-state index in [1.165, 1.54) is 0 Å². The molecule has 2 rings (SSSR count). The Labute approximate surface area is 109 Å². The lowest BCUT2D eigenvalue weighted by Crippen LogP contribution is -1.98. The summed E-state index contributed by atoms with van der Waals surface area (Å²) in [6.45, 7) is 0. The van der Waals surface area contributed by atoms with E-state index in [9.17, 15) is 0 Å². The highest BCUT2D eigenvalue weighted by Gasteiger charge is 2.06. The summed E-state index contributed by atoms with van der Waals surface area (Å²) in [4.78, 5) is 4.08. The Balaban J connectivity index is 2.51. The zero-order chi connectivity index (χ0) is 10.8. The minimum absolute atomic E-state index is 0.568. The summed E-state index contributed by atoms with van der Waals surface area (Å²) in [5.41, 5.74) is 0.907. The number of halogens is 2. The van der Waals surface area contributed by atoms with Gasteiger partial charge in [-0.05, 0) is 44.6 Å². The highest BCUT2D eigenvalue weighted by molar-refractivity contribution is 14.1. The van der Waals surface area contributed by atoms with E-state index in [-0.39, 0.29) is 0 Å². The maximum absolute atomic E-state index is 5.06. The number of pyridine rings is 1. The van der Waals surface area contributed by atoms with Gasteiger partial charge in [-0.1, -0.05) is 0 Å². The molecule has 6 heteroatoms. The van der Waals surface area contributed by atoms with Crippen LogP contribution in [0.25, 0.3) is 5.69 Å². The lowest BCUT2D eigenvalue weighted by atomic mass is 10.4. The molecule has 4 nitrogen and oxygen atoms in total. The molecule has 0 amide bonds. The van der Waals surface area contributed by atoms with Crippen molar-refractivity contribution in [2.45, 2.75) is 0 Å². The van der Waals surface area contributed by atoms with Crippen molar-refractivity contribution >= 4 is 38.5 Å². The van der Waals surface area contributed by atoms with Crippen molar-refractivity contribution in [2.75, 3.05) is 7.11 Å². The standard InChI is InChI=1S/C9H7BrIN3O/c1-15-9-4-7(6(10)5-12-9)14-3-2-8(11)13-14/h2-5H,1H3. The molecule has 0 bridgehead atoms. The van der Waals surface area contributed by atoms with Crippen LogP contribution in [0.15, 0.2) is 29.0 Å². The van der Waals surface area contributed by atoms with Gasteiger partial charge in [0, 0.05) is 18.5 Å². The molecule has 0 saturated heterocycles. The van der Waals surface area contributed by atoms with Crippen molar-refractivity contribution in [1.29, 1.82) is 0 Å². The molecular formula is C9H7BrIN3O. The second-order valence-electron chi connectivity index (χ2n) is 2.76. The minimum atomic E-state index is 0.568. The number of methoxy groups -OCH3 is 1. The predicted octanol–water partition coefficient (Wildman–Crippen LogP) is 2.64. The molecule has 0 unspecified atom stereocenters. The van der Waals surface area contributed by atoms with Gasteiger partial charge in [-0.2, -0.15) is 5.10 Å². The molecule has 15 heavy (non-hydrogen) atoms. The van der Waals surface area contributed by atoms with E-state index in [0.717, 1.165) is 13.9 Å². The molecule has 2 heterocycles. The number of nitrogens with zero attached hydrogens (tertiary/aromatic N) is 3. The Morgan fingerprint density at radius 3 is 2.93 bits per heavy atom. The molecule has 0 fully saturated rings. The summed E-state index contributed by atoms with van der Waals surface area (Å²) < 4.78 is 8.65. The molecular weight excluding hydrogens is 373 g/mol. The van der Waals surface area contributed by atoms with Gasteiger partial charge in [0.05, 0.1) is 17.3 Å². The van der Waals surface area contributed by atoms with Crippen molar-refractivity contribution in [3.8, 4) is 11.6 Å². The van der Waals surface area contributed by atoms with Crippen LogP contribution in [0.5, 0.6) is 5.88 Å². The van der Waals surface area contributed by atoms with Crippen molar-refractivity contribution < 1.29 is 4.74 Å². The first-order chi connectivity index (χ1) is 7.20. The van der Waals surface area contributed by atoms with Crippen molar-refractivity contribution in [2.24, 2.45) is 0 Å². The van der Waals surface area contributed by atoms with E-state index in [2.05, 4.69) is 48.6 Å². The summed E-state index contributed by atoms with van der Waals surface area (Å²) in [5, 5.41) is 4.31. The van der Waals surface area contributed by atoms with Gasteiger partial charge in [-0.25, -0.2) is 9.67 Å². The highest BCUT2D eigenvalue weighted by Crippen LogP contribution is 2.23. The Morgan fingerprint density at radius 2 is 2.33 bits per heavy atom. The van der Waals surface area contributed by atoms with E-state index >= 15 is 0 Å². The van der Waals surface area contributed by atoms with E-state index in [0.29, 0.717) is 5.88 Å². The third-order valence-corrected chi connectivity index (χ3v) is 3.01. The van der Waals surface area contributed by atoms with Crippen LogP contribution in [0, 0.1) is 3.70 Å². The van der Waals surface area contributed by atoms with Crippen LogP contribution in [-0.2, 0) is 0 Å². The molecule has 0 N–H and O–H groups in total. The van der Waals surface area contributed by atoms with Gasteiger partial charge in [-0.3, -0.25) is 0 Å². The van der Waals surface area contributed by atoms with E-state index in [1.54, 1.807) is 18.0 Å². The quantitative estimate of drug-likeness (QED) is 0.753. The summed E-state index contributed by atoms with van der Waals surface area (Å²) >= 11 is 5.59. The molecule has 0 radical (unpaired) electrons. The molecule has 0 aromatic carbocycles. The van der Waals surface area contributed by atoms with Gasteiger partial charge in [-0.15, -0.1) is 0 Å². The topological polar surface area (TPSA) is 39.9 Å². The number of rotatable bonds is 2. The van der Waals surface area contributed by atoms with E-state index < -0.39 is 0 Å². The average Bonchev–Trinajstić information content (AvgIpc) is 2.65. The lowest BCUT2D eigenvalue weighted by molar-refractivity contribution is 0.397. The van der Waals surface area contributed by atoms with Crippen LogP contribution < -0.4 is 4.74 Å². The third kappa shape index (κ3) is 2.31. The Morgan fingerprint density at radius 1 is 1.53 bits per heavy atom. The van der Waals surface area contributed by atoms with Crippen LogP contribution in [0.1, 0.15) is 0 Å². The SMILES string of the molecule is COc1cc(-n2ccc(I)n2)c(Br)cn1. The first kappa shape index (κ1) is 10.9. The summed E-state index contributed by atoms with van der Waals surface area (Å²) in [6, 6.07) is 3.76. The first-order valence-electron chi connectivity index (χ1n) is 4.12. The lowest BCUT2D eigenvalue weighted by Gasteiger charge is -2.05. The van der Waals surface area contributed by atoms with E-state index in [1.807, 2.05) is 18.3 Å². The van der Waals surface area contributed by atoms with Crippen molar-refractivity contribution in [1.82, 2.24) is 14.8 Å². The van der Waals surface area contributed by atoms with Crippen LogP contribution in [-0.4, -0.2) is 21.9 Å². The van der Waals surface area contributed by atoms with Crippen LogP contribution in [0.2, 0.25) is 0 Å². The predicted molar refractivity (Wildman–Crippen MR) is 68.3 cm³/mol. The average molecular weight is 380 g/mol.